The Hall–Kier alpha value is -0.620. The molecule has 1 saturated carbocycles. The minimum atomic E-state index is -0.669. The summed E-state index contributed by atoms with van der Waals surface area (Å²) in [6.07, 6.45) is 6.97. The maximum absolute atomic E-state index is 12.1. The van der Waals surface area contributed by atoms with Gasteiger partial charge in [-0.15, -0.1) is 0 Å². The molecule has 6 heteroatoms. The first-order valence-electron chi connectivity index (χ1n) is 9.72. The molecule has 2 rings (SSSR count). The average Bonchev–Trinajstić information content (AvgIpc) is 3.06. The van der Waals surface area contributed by atoms with Crippen LogP contribution in [0.1, 0.15) is 52.4 Å². The van der Waals surface area contributed by atoms with Gasteiger partial charge in [0.15, 0.2) is 5.96 Å². The van der Waals surface area contributed by atoms with Gasteiger partial charge in [0.2, 0.25) is 0 Å². The van der Waals surface area contributed by atoms with Crippen LogP contribution in [-0.2, 0) is 10.8 Å². The Balaban J connectivity index is 1.73. The van der Waals surface area contributed by atoms with Crippen LogP contribution in [0.2, 0.25) is 0 Å². The van der Waals surface area contributed by atoms with E-state index in [2.05, 4.69) is 27.4 Å². The number of nitrogens with one attached hydrogen (secondary N) is 2. The highest BCUT2D eigenvalue weighted by molar-refractivity contribution is 7.85. The lowest BCUT2D eigenvalue weighted by atomic mass is 9.95. The highest BCUT2D eigenvalue weighted by atomic mass is 32.2. The Morgan fingerprint density at radius 3 is 2.83 bits per heavy atom. The SMILES string of the molecule is CCCN1CCC(CNC(=NC)NC2CCCC(S(=O)CC)C2)C1. The number of hydrogen-bond acceptors (Lipinski definition) is 3. The fourth-order valence-electron chi connectivity index (χ4n) is 3.98. The van der Waals surface area contributed by atoms with Crippen LogP contribution < -0.4 is 10.6 Å². The van der Waals surface area contributed by atoms with Gasteiger partial charge in [-0.05, 0) is 51.1 Å². The van der Waals surface area contributed by atoms with Gasteiger partial charge in [-0.25, -0.2) is 0 Å². The summed E-state index contributed by atoms with van der Waals surface area (Å²) in [6, 6.07) is 0.408. The zero-order chi connectivity index (χ0) is 17.4. The molecule has 0 aromatic carbocycles. The van der Waals surface area contributed by atoms with E-state index >= 15 is 0 Å². The molecule has 0 amide bonds. The highest BCUT2D eigenvalue weighted by Crippen LogP contribution is 2.23. The molecule has 4 atom stereocenters. The van der Waals surface area contributed by atoms with E-state index in [-0.39, 0.29) is 0 Å². The van der Waals surface area contributed by atoms with Crippen LogP contribution in [0.4, 0.5) is 0 Å². The van der Waals surface area contributed by atoms with Crippen molar-refractivity contribution >= 4 is 16.8 Å². The molecule has 0 spiro atoms. The van der Waals surface area contributed by atoms with Crippen molar-refractivity contribution in [2.75, 3.05) is 39.0 Å². The first-order valence-corrected chi connectivity index (χ1v) is 11.1. The van der Waals surface area contributed by atoms with E-state index in [1.54, 1.807) is 0 Å². The van der Waals surface area contributed by atoms with Crippen LogP contribution in [0, 0.1) is 5.92 Å². The summed E-state index contributed by atoms with van der Waals surface area (Å²) in [5.74, 6) is 2.42. The van der Waals surface area contributed by atoms with E-state index in [1.165, 1.54) is 38.9 Å². The number of rotatable bonds is 7. The van der Waals surface area contributed by atoms with E-state index in [0.717, 1.165) is 43.4 Å². The predicted molar refractivity (Wildman–Crippen MR) is 104 cm³/mol. The van der Waals surface area contributed by atoms with Crippen molar-refractivity contribution in [3.8, 4) is 0 Å². The Kier molecular flexibility index (Phi) is 8.53. The first kappa shape index (κ1) is 19.7. The minimum absolute atomic E-state index is 0.358. The molecule has 0 radical (unpaired) electrons. The third-order valence-electron chi connectivity index (χ3n) is 5.31. The molecule has 0 aromatic rings. The lowest BCUT2D eigenvalue weighted by Gasteiger charge is -2.30. The third kappa shape index (κ3) is 6.03. The third-order valence-corrected chi connectivity index (χ3v) is 7.06. The summed E-state index contributed by atoms with van der Waals surface area (Å²) in [6.45, 7) is 8.94. The smallest absolute Gasteiger partial charge is 0.191 e. The molecule has 4 unspecified atom stereocenters. The van der Waals surface area contributed by atoms with E-state index < -0.39 is 10.8 Å². The molecular formula is C18H36N4OS. The van der Waals surface area contributed by atoms with E-state index in [9.17, 15) is 4.21 Å². The van der Waals surface area contributed by atoms with Crippen LogP contribution in [0.5, 0.6) is 0 Å². The lowest BCUT2D eigenvalue weighted by molar-refractivity contribution is 0.324. The zero-order valence-electron chi connectivity index (χ0n) is 15.7. The Labute approximate surface area is 150 Å². The maximum atomic E-state index is 12.1. The van der Waals surface area contributed by atoms with Gasteiger partial charge >= 0.3 is 0 Å². The molecule has 1 aliphatic heterocycles. The zero-order valence-corrected chi connectivity index (χ0v) is 16.5. The molecule has 2 fully saturated rings. The summed E-state index contributed by atoms with van der Waals surface area (Å²) in [7, 11) is 1.18. The summed E-state index contributed by atoms with van der Waals surface area (Å²) < 4.78 is 12.1. The standard InChI is InChI=1S/C18H36N4OS/c1-4-10-22-11-9-15(14-22)13-20-18(19-3)21-16-7-6-8-17(12-16)24(23)5-2/h15-17H,4-14H2,1-3H3,(H2,19,20,21). The Morgan fingerprint density at radius 2 is 2.12 bits per heavy atom. The molecule has 1 heterocycles. The molecule has 0 aromatic heterocycles. The van der Waals surface area contributed by atoms with Crippen LogP contribution in [0.25, 0.3) is 0 Å². The van der Waals surface area contributed by atoms with Gasteiger partial charge in [-0.2, -0.15) is 0 Å². The number of likely N-dealkylation sites (tertiary alicyclic amines) is 1. The summed E-state index contributed by atoms with van der Waals surface area (Å²) >= 11 is 0. The monoisotopic (exact) mass is 356 g/mol. The second-order valence-electron chi connectivity index (χ2n) is 7.21. The predicted octanol–water partition coefficient (Wildman–Crippen LogP) is 1.96. The molecule has 1 aliphatic carbocycles. The van der Waals surface area contributed by atoms with Crippen molar-refractivity contribution in [2.45, 2.75) is 63.7 Å². The van der Waals surface area contributed by atoms with Crippen LogP contribution in [-0.4, -0.2) is 65.3 Å². The fraction of sp³-hybridized carbons (Fsp3) is 0.944. The van der Waals surface area contributed by atoms with Crippen LogP contribution >= 0.6 is 0 Å². The van der Waals surface area contributed by atoms with Gasteiger partial charge in [0.25, 0.3) is 0 Å². The van der Waals surface area contributed by atoms with Crippen molar-refractivity contribution in [3.05, 3.63) is 0 Å². The second kappa shape index (κ2) is 10.4. The lowest BCUT2D eigenvalue weighted by Crippen LogP contribution is -2.47. The van der Waals surface area contributed by atoms with Crippen molar-refractivity contribution in [2.24, 2.45) is 10.9 Å². The molecule has 1 saturated heterocycles. The molecule has 24 heavy (non-hydrogen) atoms. The summed E-state index contributed by atoms with van der Waals surface area (Å²) in [5, 5.41) is 7.44. The number of hydrogen-bond donors (Lipinski definition) is 2. The number of guanidine groups is 1. The number of aliphatic imine (C=N–C) groups is 1. The molecule has 5 nitrogen and oxygen atoms in total. The Morgan fingerprint density at radius 1 is 1.29 bits per heavy atom. The van der Waals surface area contributed by atoms with E-state index in [1.807, 2.05) is 14.0 Å². The molecule has 140 valence electrons. The van der Waals surface area contributed by atoms with E-state index in [4.69, 9.17) is 0 Å². The normalized spacial score (nSPS) is 30.3. The van der Waals surface area contributed by atoms with Gasteiger partial charge in [0.1, 0.15) is 0 Å². The largest absolute Gasteiger partial charge is 0.356 e. The van der Waals surface area contributed by atoms with E-state index in [0.29, 0.717) is 11.3 Å². The van der Waals surface area contributed by atoms with Gasteiger partial charge < -0.3 is 15.5 Å². The second-order valence-corrected chi connectivity index (χ2v) is 9.21. The first-order chi connectivity index (χ1) is 11.7. The highest BCUT2D eigenvalue weighted by Gasteiger charge is 2.26. The number of nitrogens with zero attached hydrogens (tertiary/aromatic N) is 2. The van der Waals surface area contributed by atoms with Crippen LogP contribution in [0.15, 0.2) is 4.99 Å². The summed E-state index contributed by atoms with van der Waals surface area (Å²) in [4.78, 5) is 6.96. The topological polar surface area (TPSA) is 56.7 Å². The Bertz CT molecular complexity index is 429. The summed E-state index contributed by atoms with van der Waals surface area (Å²) in [5.41, 5.74) is 0. The van der Waals surface area contributed by atoms with Crippen molar-refractivity contribution < 1.29 is 4.21 Å². The molecule has 2 aliphatic rings. The van der Waals surface area contributed by atoms with Crippen molar-refractivity contribution in [1.29, 1.82) is 0 Å². The van der Waals surface area contributed by atoms with Crippen LogP contribution in [0.3, 0.4) is 0 Å². The van der Waals surface area contributed by atoms with Gasteiger partial charge in [0.05, 0.1) is 0 Å². The quantitative estimate of drug-likeness (QED) is 0.541. The maximum Gasteiger partial charge on any atom is 0.191 e. The van der Waals surface area contributed by atoms with Gasteiger partial charge in [-0.3, -0.25) is 9.20 Å². The van der Waals surface area contributed by atoms with Gasteiger partial charge in [-0.1, -0.05) is 20.3 Å². The van der Waals surface area contributed by atoms with Crippen molar-refractivity contribution in [3.63, 3.8) is 0 Å². The molecular weight excluding hydrogens is 320 g/mol. The molecule has 0 bridgehead atoms. The minimum Gasteiger partial charge on any atom is -0.356 e. The fourth-order valence-corrected chi connectivity index (χ4v) is 5.33. The average molecular weight is 357 g/mol. The van der Waals surface area contributed by atoms with Gasteiger partial charge in [0, 0.05) is 48.0 Å². The molecule has 2 N–H and O–H groups in total. The van der Waals surface area contributed by atoms with Crippen molar-refractivity contribution in [1.82, 2.24) is 15.5 Å².